The van der Waals surface area contributed by atoms with Gasteiger partial charge in [-0.05, 0) is 228 Å². The van der Waals surface area contributed by atoms with Gasteiger partial charge in [-0.1, -0.05) is 176 Å². The van der Waals surface area contributed by atoms with Gasteiger partial charge in [0.1, 0.15) is 102 Å². The molecular formula is C100H50F25N12O4S6-. The van der Waals surface area contributed by atoms with E-state index in [0.29, 0.717) is 41.5 Å². The zero-order valence-corrected chi connectivity index (χ0v) is 79.1. The van der Waals surface area contributed by atoms with E-state index in [9.17, 15) is 115 Å². The van der Waals surface area contributed by atoms with E-state index >= 15 is 38.9 Å². The molecule has 9 aromatic carbocycles. The lowest BCUT2D eigenvalue weighted by Gasteiger charge is -2.45. The second-order valence-corrected chi connectivity index (χ2v) is 42.7. The van der Waals surface area contributed by atoms with Crippen LogP contribution >= 0.6 is 44.0 Å². The molecule has 0 saturated heterocycles. The van der Waals surface area contributed by atoms with Gasteiger partial charge in [0.25, 0.3) is 0 Å². The normalized spacial score (nSPS) is 15.2. The van der Waals surface area contributed by atoms with Gasteiger partial charge in [-0.25, -0.2) is 8.42 Å². The predicted molar refractivity (Wildman–Crippen MR) is 490 cm³/mol. The number of rotatable bonds is 13. The number of allylic oxidation sites excluding steroid dienone is 9. The Morgan fingerprint density at radius 1 is 0.361 bits per heavy atom. The number of benzene rings is 9. The number of thioether (sulfide) groups is 2. The number of alkyl halides is 15. The minimum absolute atomic E-state index is 0.00990. The number of aryl methyl sites for hydroxylation is 3. The third kappa shape index (κ3) is 21.1. The molecule has 16 nitrogen and oxygen atoms in total. The Bertz CT molecular complexity index is 8800. The van der Waals surface area contributed by atoms with E-state index in [1.165, 1.54) is 31.2 Å². The van der Waals surface area contributed by atoms with E-state index < -0.39 is 262 Å². The maximum atomic E-state index is 15.5. The van der Waals surface area contributed by atoms with E-state index in [1.54, 1.807) is 74.5 Å². The van der Waals surface area contributed by atoms with Gasteiger partial charge in [-0.2, -0.15) is 126 Å². The van der Waals surface area contributed by atoms with E-state index in [2.05, 4.69) is 29.1 Å². The van der Waals surface area contributed by atoms with E-state index in [0.717, 1.165) is 72.5 Å². The van der Waals surface area contributed by atoms with Crippen molar-refractivity contribution in [3.8, 4) is 36.4 Å². The Morgan fingerprint density at radius 2 is 0.605 bits per heavy atom. The summed E-state index contributed by atoms with van der Waals surface area (Å²) in [5, 5.41) is 53.4. The lowest BCUT2D eigenvalue weighted by molar-refractivity contribution is -0.138. The van der Waals surface area contributed by atoms with Crippen LogP contribution in [0.15, 0.2) is 238 Å². The molecule has 746 valence electrons. The fourth-order valence-electron chi connectivity index (χ4n) is 18.7. The van der Waals surface area contributed by atoms with Crippen LogP contribution in [0.3, 0.4) is 0 Å². The van der Waals surface area contributed by atoms with Gasteiger partial charge >= 0.3 is 67.5 Å². The molecular weight excluding hydrogens is 2100 g/mol. The summed E-state index contributed by atoms with van der Waals surface area (Å²) in [5.74, 6) is -2.88. The highest BCUT2D eigenvalue weighted by molar-refractivity contribution is 8.46. The first-order valence-corrected chi connectivity index (χ1v) is 49.6. The quantitative estimate of drug-likeness (QED) is 0.0344. The number of halogens is 25. The molecule has 0 amide bonds. The molecule has 15 rings (SSSR count). The van der Waals surface area contributed by atoms with Gasteiger partial charge in [0.15, 0.2) is 9.84 Å². The highest BCUT2D eigenvalue weighted by atomic mass is 32.5. The maximum Gasteiger partial charge on any atom is 0.523 e. The van der Waals surface area contributed by atoms with Gasteiger partial charge in [0.05, 0.1) is 38.3 Å². The van der Waals surface area contributed by atoms with Crippen LogP contribution in [0.2, 0.25) is 0 Å². The Morgan fingerprint density at radius 3 is 0.878 bits per heavy atom. The van der Waals surface area contributed by atoms with Crippen molar-refractivity contribution in [3.63, 3.8) is 0 Å². The summed E-state index contributed by atoms with van der Waals surface area (Å²) in [6.07, 6.45) is -19.6. The number of hydrogen-bond donors (Lipinski definition) is 0. The molecule has 0 radical (unpaired) electrons. The average Bonchev–Trinajstić information content (AvgIpc) is 1.53. The number of fused-ring (bicyclic) bond motifs is 6. The topological polar surface area (TPSA) is 243 Å². The van der Waals surface area contributed by atoms with Gasteiger partial charge in [0, 0.05) is 67.2 Å². The van der Waals surface area contributed by atoms with Crippen LogP contribution in [-0.4, -0.2) is 34.5 Å². The number of nitrogens with zero attached hydrogens (tertiary/aromatic N) is 12. The summed E-state index contributed by atoms with van der Waals surface area (Å²) >= 11 is -4.19. The lowest BCUT2D eigenvalue weighted by atomic mass is 9.93. The molecule has 9 aromatic rings. The molecule has 0 N–H and O–H groups in total. The van der Waals surface area contributed by atoms with Crippen molar-refractivity contribution in [3.05, 3.63) is 419 Å². The van der Waals surface area contributed by atoms with Crippen LogP contribution in [0.5, 0.6) is 0 Å². The fourth-order valence-corrected chi connectivity index (χ4v) is 24.7. The first kappa shape index (κ1) is 108. The average molecular weight is 2150 g/mol. The van der Waals surface area contributed by atoms with Crippen LogP contribution in [0.25, 0.3) is 62.5 Å². The largest absolute Gasteiger partial charge is 0.772 e. The molecule has 0 saturated carbocycles. The maximum absolute atomic E-state index is 15.5. The summed E-state index contributed by atoms with van der Waals surface area (Å²) in [5.41, 5.74) is -27.0. The second-order valence-electron chi connectivity index (χ2n) is 33.0. The number of nitriles is 6. The van der Waals surface area contributed by atoms with Crippen molar-refractivity contribution in [1.82, 2.24) is 0 Å². The molecule has 6 aliphatic carbocycles. The molecule has 147 heavy (non-hydrogen) atoms. The minimum Gasteiger partial charge on any atom is -0.772 e. The Hall–Kier alpha value is -15.8. The van der Waals surface area contributed by atoms with Crippen molar-refractivity contribution in [2.45, 2.75) is 119 Å². The molecule has 47 heteroatoms. The molecule has 0 bridgehead atoms. The molecule has 0 spiro atoms. The third-order valence-corrected chi connectivity index (χ3v) is 29.6. The first-order chi connectivity index (χ1) is 68.0. The molecule has 1 atom stereocenters. The summed E-state index contributed by atoms with van der Waals surface area (Å²) in [6.45, 7) is 50.0. The van der Waals surface area contributed by atoms with Crippen molar-refractivity contribution < 1.29 is 122 Å². The molecule has 0 fully saturated rings. The zero-order valence-electron chi connectivity index (χ0n) is 74.2. The second kappa shape index (κ2) is 37.1. The van der Waals surface area contributed by atoms with Crippen LogP contribution in [0, 0.1) is 128 Å². The first-order valence-electron chi connectivity index (χ1n) is 41.0. The van der Waals surface area contributed by atoms with Gasteiger partial charge in [0.2, 0.25) is 0 Å². The number of hydrogen-bond acceptors (Lipinski definition) is 12. The summed E-state index contributed by atoms with van der Waals surface area (Å²) in [7, 11) is -27.2. The standard InChI is InChI=1S/C34H15F9N4S2.C34H21F3N4O4S2.C32H15F13N4S2/c1-16-6-4-7-17(10-16)26-24(31(46-2)47-3)13-23-28(26)29(48-33(38,39)40)22-12-21(19(14-44)15-45)25(27(22)30(23)49-34(41,42)43)18-8-5-9-20(11-18)32(35,36)37;1-18-7-5-8-19(11-18)29-26(33(40-2)41-3)14-24-27(17-46(42)43)30-25(32(31(24)29)47(4,44)45)13-23(21(15-38)16-39)28(30)20-9-6-10-22(12-20)34(35,36)37;1-16-6-4-7-17(10-16)26-24(31(48-2)49-3)13-23-28(26)29(50(36,37,38,39)40)22-12-21(19(14-46)15-47)25(27(22)30(23)51(41,42,43,44)45)18-8-5-9-20(11-18)32(33,34)35/h4-11H,12-13H2,1H3;5-12H,13-14,17H2,1,4H3,(H,42,43);4-11H,12-13H2,1H3/p-1. The van der Waals surface area contributed by atoms with Crippen LogP contribution < -0.4 is 31.3 Å². The third-order valence-electron chi connectivity index (χ3n) is 23.6. The smallest absolute Gasteiger partial charge is 0.523 e. The van der Waals surface area contributed by atoms with E-state index in [-0.39, 0.29) is 129 Å². The van der Waals surface area contributed by atoms with Crippen molar-refractivity contribution >= 4 is 98.3 Å². The van der Waals surface area contributed by atoms with Gasteiger partial charge < -0.3 is 4.55 Å². The summed E-state index contributed by atoms with van der Waals surface area (Å²) in [4.78, 5) is 10.9. The SMILES string of the molecule is [C-]#[N+]C([N+]#[C-])=C1Cc2c(CS(=O)[O-])c3c(c(S(C)(=O)=O)c2=C1c1cccc(C)c1)CC(=C(C#N)C#N)C=3c1cccc(C(F)(F)F)c1.[C-]#[N+]C([N+]#[C-])=C1Cc2c(S(F)(F)(F)(F)F)c3c(c(S(F)(F)(F)(F)F)c2=C1c1cccc(C)c1)CC(=C(C#N)C#N)C=3c1cccc(C(F)(F)F)c1.[C-]#[N+]C([N+]#[C-])=C1Cc2c(SC(F)(F)F)c3c(c(SC(F)(F)F)c2=C1c1cccc(C)c1)CC(=C(C#N)C#N)C=3c1cccc(C(F)(F)F)c1. The molecule has 0 heterocycles. The van der Waals surface area contributed by atoms with Crippen molar-refractivity contribution in [2.75, 3.05) is 6.26 Å². The summed E-state index contributed by atoms with van der Waals surface area (Å²) < 4.78 is 418. The predicted octanol–water partition coefficient (Wildman–Crippen LogP) is 25.1. The highest BCUT2D eigenvalue weighted by Crippen LogP contribution is 3.04. The lowest BCUT2D eigenvalue weighted by Crippen LogP contribution is -2.34. The highest BCUT2D eigenvalue weighted by Gasteiger charge is 2.73. The van der Waals surface area contributed by atoms with Crippen LogP contribution in [0.4, 0.5) is 105 Å². The van der Waals surface area contributed by atoms with E-state index in [4.69, 9.17) is 39.4 Å². The summed E-state index contributed by atoms with van der Waals surface area (Å²) in [6, 6.07) is 35.4. The molecule has 1 unspecified atom stereocenters. The van der Waals surface area contributed by atoms with Crippen molar-refractivity contribution in [1.29, 1.82) is 31.6 Å². The monoisotopic (exact) mass is 2150 g/mol. The Labute approximate surface area is 827 Å². The molecule has 0 aliphatic heterocycles. The molecule has 0 aromatic heterocycles. The van der Waals surface area contributed by atoms with Gasteiger partial charge in [-0.3, -0.25) is 4.21 Å². The van der Waals surface area contributed by atoms with Crippen molar-refractivity contribution in [2.24, 2.45) is 0 Å². The number of sulfone groups is 1. The zero-order chi connectivity index (χ0) is 109. The Balaban J connectivity index is 0.000000184. The van der Waals surface area contributed by atoms with Crippen LogP contribution in [-0.2, 0) is 83.7 Å². The van der Waals surface area contributed by atoms with Crippen LogP contribution in [0.1, 0.15) is 106 Å². The fraction of sp³-hybridized carbons (Fsp3) is 0.160. The molecule has 6 aliphatic rings. The minimum atomic E-state index is -11.5. The van der Waals surface area contributed by atoms with E-state index in [1.807, 2.05) is 0 Å². The van der Waals surface area contributed by atoms with Gasteiger partial charge in [-0.15, -0.1) is 0 Å². The Kier molecular flexibility index (Phi) is 27.4.